The molecule has 0 aromatic heterocycles. The average Bonchev–Trinajstić information content (AvgIpc) is 2.64. The third-order valence-electron chi connectivity index (χ3n) is 5.98. The first-order valence-electron chi connectivity index (χ1n) is 11.8. The number of phosphoric acid groups is 1. The van der Waals surface area contributed by atoms with Gasteiger partial charge < -0.3 is 8.95 Å². The number of hydrogen-bond acceptors (Lipinski definition) is 7. The van der Waals surface area contributed by atoms with Gasteiger partial charge in [-0.3, -0.25) is 18.6 Å². The molecule has 1 rings (SSSR count). The van der Waals surface area contributed by atoms with E-state index in [-0.39, 0.29) is 21.9 Å². The summed E-state index contributed by atoms with van der Waals surface area (Å²) in [5, 5.41) is 0.0694. The summed E-state index contributed by atoms with van der Waals surface area (Å²) in [6, 6.07) is 2.99. The van der Waals surface area contributed by atoms with Crippen LogP contribution in [-0.2, 0) is 23.5 Å². The second kappa shape index (κ2) is 11.6. The van der Waals surface area contributed by atoms with E-state index in [1.54, 1.807) is 27.7 Å². The maximum Gasteiger partial charge on any atom is 0.530 e. The summed E-state index contributed by atoms with van der Waals surface area (Å²) >= 11 is 0. The van der Waals surface area contributed by atoms with Gasteiger partial charge in [0.05, 0.1) is 12.2 Å². The predicted molar refractivity (Wildman–Crippen MR) is 139 cm³/mol. The average molecular weight is 515 g/mol. The van der Waals surface area contributed by atoms with Gasteiger partial charge in [0.25, 0.3) is 0 Å². The van der Waals surface area contributed by atoms with Crippen molar-refractivity contribution in [3.05, 3.63) is 28.8 Å². The Kier molecular flexibility index (Phi) is 10.5. The van der Waals surface area contributed by atoms with Gasteiger partial charge in [-0.2, -0.15) is 0 Å². The molecule has 0 bridgehead atoms. The second-order valence-electron chi connectivity index (χ2n) is 11.3. The van der Waals surface area contributed by atoms with Crippen molar-refractivity contribution in [2.45, 2.75) is 104 Å². The van der Waals surface area contributed by atoms with Crippen molar-refractivity contribution < 1.29 is 32.2 Å². The first kappa shape index (κ1) is 30.7. The number of aldehydes is 2. The lowest BCUT2D eigenvalue weighted by atomic mass is 9.78. The molecule has 9 heteroatoms. The Morgan fingerprint density at radius 2 is 1.47 bits per heavy atom. The van der Waals surface area contributed by atoms with E-state index in [1.165, 1.54) is 12.1 Å². The molecule has 194 valence electrons. The molecule has 0 aliphatic rings. The molecule has 0 radical (unpaired) electrons. The van der Waals surface area contributed by atoms with Crippen molar-refractivity contribution in [2.75, 3.05) is 6.61 Å². The van der Waals surface area contributed by atoms with Gasteiger partial charge in [-0.05, 0) is 69.8 Å². The molecule has 7 nitrogen and oxygen atoms in total. The van der Waals surface area contributed by atoms with Crippen LogP contribution >= 0.6 is 7.82 Å². The molecule has 0 atom stereocenters. The molecule has 0 saturated heterocycles. The number of carbonyl (C=O) groups excluding carboxylic acids is 2. The van der Waals surface area contributed by atoms with Gasteiger partial charge in [-0.1, -0.05) is 34.6 Å². The van der Waals surface area contributed by atoms with Gasteiger partial charge in [0.2, 0.25) is 0 Å². The molecule has 1 aromatic carbocycles. The highest BCUT2D eigenvalue weighted by Crippen LogP contribution is 2.54. The van der Waals surface area contributed by atoms with E-state index in [2.05, 4.69) is 33.9 Å². The highest BCUT2D eigenvalue weighted by Gasteiger charge is 2.39. The van der Waals surface area contributed by atoms with E-state index in [9.17, 15) is 14.2 Å². The van der Waals surface area contributed by atoms with Crippen LogP contribution in [0.1, 0.15) is 95.0 Å². The van der Waals surface area contributed by atoms with E-state index >= 15 is 0 Å². The fraction of sp³-hybridized carbons (Fsp3) is 0.680. The van der Waals surface area contributed by atoms with Gasteiger partial charge >= 0.3 is 7.82 Å². The molecule has 0 aliphatic heterocycles. The number of rotatable bonds is 13. The van der Waals surface area contributed by atoms with Gasteiger partial charge in [-0.25, -0.2) is 4.57 Å². The number of phosphoric ester groups is 1. The topological polar surface area (TPSA) is 88.1 Å². The second-order valence-corrected chi connectivity index (χ2v) is 17.6. The Balaban J connectivity index is 3.48. The monoisotopic (exact) mass is 514 g/mol. The van der Waals surface area contributed by atoms with Crippen molar-refractivity contribution in [1.82, 2.24) is 0 Å². The van der Waals surface area contributed by atoms with E-state index in [0.29, 0.717) is 31.2 Å². The Morgan fingerprint density at radius 1 is 0.941 bits per heavy atom. The van der Waals surface area contributed by atoms with Gasteiger partial charge in [0.15, 0.2) is 14.6 Å². The standard InChI is InChI=1S/C25H43O7PSi/c1-18(2)30-33(28,31-19(3)4)32-22-15-20(16-26)14-21(17-27)23(22)25(8,9)12-13-29-34(10,11)24(5,6)7/h14-19H,12-13H2,1-11H3. The fourth-order valence-corrected chi connectivity index (χ4v) is 5.82. The quantitative estimate of drug-likeness (QED) is 0.155. The van der Waals surface area contributed by atoms with Crippen LogP contribution in [0.4, 0.5) is 0 Å². The molecule has 0 unspecified atom stereocenters. The van der Waals surface area contributed by atoms with E-state index in [4.69, 9.17) is 18.0 Å². The summed E-state index contributed by atoms with van der Waals surface area (Å²) in [6.07, 6.45) is 1.02. The van der Waals surface area contributed by atoms with Crippen molar-refractivity contribution in [3.8, 4) is 5.75 Å². The Hall–Kier alpha value is -1.31. The normalized spacial score (nSPS) is 13.4. The Morgan fingerprint density at radius 3 is 1.88 bits per heavy atom. The van der Waals surface area contributed by atoms with Gasteiger partial charge in [0, 0.05) is 23.3 Å². The highest BCUT2D eigenvalue weighted by molar-refractivity contribution is 7.49. The van der Waals surface area contributed by atoms with Gasteiger partial charge in [0.1, 0.15) is 12.0 Å². The van der Waals surface area contributed by atoms with Crippen LogP contribution < -0.4 is 4.52 Å². The number of hydrogen-bond donors (Lipinski definition) is 0. The van der Waals surface area contributed by atoms with Crippen LogP contribution in [0.25, 0.3) is 0 Å². The lowest BCUT2D eigenvalue weighted by Gasteiger charge is -2.37. The number of carbonyl (C=O) groups is 2. The minimum absolute atomic E-state index is 0.0694. The highest BCUT2D eigenvalue weighted by atomic mass is 31.2. The largest absolute Gasteiger partial charge is 0.530 e. The lowest BCUT2D eigenvalue weighted by molar-refractivity contribution is 0.102. The minimum Gasteiger partial charge on any atom is -0.417 e. The summed E-state index contributed by atoms with van der Waals surface area (Å²) < 4.78 is 36.8. The molecule has 0 spiro atoms. The first-order chi connectivity index (χ1) is 15.4. The van der Waals surface area contributed by atoms with E-state index < -0.39 is 33.8 Å². The zero-order valence-corrected chi connectivity index (χ0v) is 24.6. The van der Waals surface area contributed by atoms with E-state index in [1.807, 2.05) is 13.8 Å². The maximum absolute atomic E-state index is 13.5. The molecule has 0 amide bonds. The minimum atomic E-state index is -4.04. The number of benzene rings is 1. The van der Waals surface area contributed by atoms with E-state index in [0.717, 1.165) is 0 Å². The maximum atomic E-state index is 13.5. The smallest absolute Gasteiger partial charge is 0.417 e. The summed E-state index contributed by atoms with van der Waals surface area (Å²) in [5.74, 6) is 0.133. The SMILES string of the molecule is CC(C)OP(=O)(Oc1cc(C=O)cc(C=O)c1C(C)(C)CCO[Si](C)(C)C(C)(C)C)OC(C)C. The third-order valence-corrected chi connectivity index (χ3v) is 12.3. The summed E-state index contributed by atoms with van der Waals surface area (Å²) in [6.45, 7) is 22.2. The van der Waals surface area contributed by atoms with Crippen molar-refractivity contribution in [3.63, 3.8) is 0 Å². The molecular formula is C25H43O7PSi. The summed E-state index contributed by atoms with van der Waals surface area (Å²) in [7, 11) is -6.00. The molecule has 0 aliphatic carbocycles. The zero-order chi connectivity index (χ0) is 26.5. The zero-order valence-electron chi connectivity index (χ0n) is 22.7. The van der Waals surface area contributed by atoms with Crippen LogP contribution in [0.2, 0.25) is 18.1 Å². The van der Waals surface area contributed by atoms with Crippen LogP contribution in [0.15, 0.2) is 12.1 Å². The predicted octanol–water partition coefficient (Wildman–Crippen LogP) is 7.34. The molecule has 0 saturated carbocycles. The lowest BCUT2D eigenvalue weighted by Crippen LogP contribution is -2.41. The van der Waals surface area contributed by atoms with Crippen LogP contribution in [-0.4, -0.2) is 39.7 Å². The van der Waals surface area contributed by atoms with Crippen molar-refractivity contribution >= 4 is 28.7 Å². The molecule has 0 N–H and O–H groups in total. The first-order valence-corrected chi connectivity index (χ1v) is 16.1. The molecule has 0 fully saturated rings. The molecule has 1 aromatic rings. The Labute approximate surface area is 206 Å². The molecule has 34 heavy (non-hydrogen) atoms. The van der Waals surface area contributed by atoms with Crippen molar-refractivity contribution in [2.24, 2.45) is 0 Å². The Bertz CT molecular complexity index is 887. The van der Waals surface area contributed by atoms with Gasteiger partial charge in [-0.15, -0.1) is 0 Å². The molecular weight excluding hydrogens is 471 g/mol. The van der Waals surface area contributed by atoms with Crippen molar-refractivity contribution in [1.29, 1.82) is 0 Å². The van der Waals surface area contributed by atoms with Crippen LogP contribution in [0.5, 0.6) is 5.75 Å². The molecule has 0 heterocycles. The van der Waals surface area contributed by atoms with Crippen LogP contribution in [0, 0.1) is 0 Å². The fourth-order valence-electron chi connectivity index (χ4n) is 3.22. The summed E-state index contributed by atoms with van der Waals surface area (Å²) in [5.41, 5.74) is 0.454. The summed E-state index contributed by atoms with van der Waals surface area (Å²) in [4.78, 5) is 23.6. The van der Waals surface area contributed by atoms with Crippen LogP contribution in [0.3, 0.4) is 0 Å². The third kappa shape index (κ3) is 8.42.